The highest BCUT2D eigenvalue weighted by Crippen LogP contribution is 2.35. The van der Waals surface area contributed by atoms with Crippen molar-refractivity contribution in [2.45, 2.75) is 12.1 Å². The van der Waals surface area contributed by atoms with Crippen LogP contribution < -0.4 is 5.69 Å². The lowest BCUT2D eigenvalue weighted by Crippen LogP contribution is -2.32. The summed E-state index contributed by atoms with van der Waals surface area (Å²) in [5.74, 6) is 0. The molecule has 1 saturated heterocycles. The number of rotatable bonds is 3. The summed E-state index contributed by atoms with van der Waals surface area (Å²) in [5, 5.41) is 20.3. The van der Waals surface area contributed by atoms with Crippen molar-refractivity contribution in [2.75, 3.05) is 13.2 Å². The van der Waals surface area contributed by atoms with Gasteiger partial charge in [0.2, 0.25) is 0 Å². The third kappa shape index (κ3) is 3.20. The highest BCUT2D eigenvalue weighted by atomic mass is 35.5. The normalized spacial score (nSPS) is 18.9. The third-order valence-corrected chi connectivity index (χ3v) is 5.70. The van der Waals surface area contributed by atoms with Crippen LogP contribution in [0.25, 0.3) is 27.9 Å². The zero-order chi connectivity index (χ0) is 20.8. The van der Waals surface area contributed by atoms with Crippen molar-refractivity contribution in [1.82, 2.24) is 19.4 Å². The molecule has 7 nitrogen and oxygen atoms in total. The van der Waals surface area contributed by atoms with E-state index >= 15 is 0 Å². The number of aromatic nitrogens is 4. The van der Waals surface area contributed by atoms with Gasteiger partial charge in [-0.3, -0.25) is 0 Å². The van der Waals surface area contributed by atoms with Crippen LogP contribution in [0.3, 0.4) is 0 Å². The molecule has 5 rings (SSSR count). The standard InChI is InChI=1S/C21H16Cl2N4O3/c22-14-5-1-12(2-6-14)16-9-24-27-20(19(16)13-3-7-15(23)8-4-13)25-26(21(27)29)17-10-30-11-18(17)28/h1-9,17-18,28H,10-11H2/t17-,18-/m0/s1. The lowest BCUT2D eigenvalue weighted by atomic mass is 9.97. The van der Waals surface area contributed by atoms with Crippen molar-refractivity contribution in [3.05, 3.63) is 75.3 Å². The maximum Gasteiger partial charge on any atom is 0.367 e. The zero-order valence-electron chi connectivity index (χ0n) is 15.6. The number of ether oxygens (including phenoxy) is 1. The quantitative estimate of drug-likeness (QED) is 0.525. The molecule has 4 aromatic rings. The van der Waals surface area contributed by atoms with Crippen LogP contribution in [0.4, 0.5) is 0 Å². The molecule has 0 unspecified atom stereocenters. The summed E-state index contributed by atoms with van der Waals surface area (Å²) >= 11 is 12.1. The molecular weight excluding hydrogens is 427 g/mol. The van der Waals surface area contributed by atoms with Crippen LogP contribution in [0, 0.1) is 0 Å². The van der Waals surface area contributed by atoms with Crippen LogP contribution >= 0.6 is 23.2 Å². The van der Waals surface area contributed by atoms with E-state index in [4.69, 9.17) is 27.9 Å². The molecule has 3 heterocycles. The summed E-state index contributed by atoms with van der Waals surface area (Å²) in [6.45, 7) is 0.379. The van der Waals surface area contributed by atoms with E-state index in [0.29, 0.717) is 15.7 Å². The monoisotopic (exact) mass is 442 g/mol. The smallest absolute Gasteiger partial charge is 0.367 e. The fraction of sp³-hybridized carbons (Fsp3) is 0.190. The maximum atomic E-state index is 13.0. The molecule has 1 aliphatic rings. The Morgan fingerprint density at radius 1 is 0.967 bits per heavy atom. The second-order valence-electron chi connectivity index (χ2n) is 7.08. The average molecular weight is 443 g/mol. The van der Waals surface area contributed by atoms with Crippen molar-refractivity contribution in [1.29, 1.82) is 0 Å². The van der Waals surface area contributed by atoms with E-state index in [1.807, 2.05) is 24.3 Å². The van der Waals surface area contributed by atoms with E-state index in [2.05, 4.69) is 10.2 Å². The number of halogens is 2. The van der Waals surface area contributed by atoms with Crippen molar-refractivity contribution >= 4 is 28.8 Å². The topological polar surface area (TPSA) is 81.6 Å². The number of hydrogen-bond acceptors (Lipinski definition) is 5. The highest BCUT2D eigenvalue weighted by Gasteiger charge is 2.32. The van der Waals surface area contributed by atoms with Crippen LogP contribution in [0.15, 0.2) is 59.5 Å². The van der Waals surface area contributed by atoms with Gasteiger partial charge in [-0.05, 0) is 35.4 Å². The number of nitrogens with zero attached hydrogens (tertiary/aromatic N) is 4. The van der Waals surface area contributed by atoms with E-state index in [0.717, 1.165) is 22.3 Å². The predicted octanol–water partition coefficient (Wildman–Crippen LogP) is 3.46. The molecule has 0 saturated carbocycles. The number of aliphatic hydroxyl groups is 1. The molecule has 2 atom stereocenters. The summed E-state index contributed by atoms with van der Waals surface area (Å²) < 4.78 is 7.80. The molecule has 0 bridgehead atoms. The minimum atomic E-state index is -0.803. The summed E-state index contributed by atoms with van der Waals surface area (Å²) in [6.07, 6.45) is 0.831. The molecule has 9 heteroatoms. The molecule has 2 aromatic carbocycles. The Morgan fingerprint density at radius 3 is 2.20 bits per heavy atom. The molecule has 2 aromatic heterocycles. The van der Waals surface area contributed by atoms with Crippen molar-refractivity contribution < 1.29 is 9.84 Å². The molecule has 0 spiro atoms. The van der Waals surface area contributed by atoms with Gasteiger partial charge in [0.1, 0.15) is 12.1 Å². The van der Waals surface area contributed by atoms with Gasteiger partial charge in [-0.15, -0.1) is 5.10 Å². The summed E-state index contributed by atoms with van der Waals surface area (Å²) in [4.78, 5) is 13.0. The number of benzene rings is 2. The van der Waals surface area contributed by atoms with Crippen LogP contribution in [-0.4, -0.2) is 43.8 Å². The second kappa shape index (κ2) is 7.52. The fourth-order valence-electron chi connectivity index (χ4n) is 3.67. The Bertz CT molecular complexity index is 1280. The maximum absolute atomic E-state index is 13.0. The van der Waals surface area contributed by atoms with E-state index in [1.165, 1.54) is 9.20 Å². The SMILES string of the molecule is O=c1n([C@H]2COC[C@@H]2O)nc2c(-c3ccc(Cl)cc3)c(-c3ccc(Cl)cc3)cnn12. The van der Waals surface area contributed by atoms with E-state index < -0.39 is 17.8 Å². The minimum Gasteiger partial charge on any atom is -0.388 e. The van der Waals surface area contributed by atoms with E-state index in [-0.39, 0.29) is 13.2 Å². The van der Waals surface area contributed by atoms with Crippen LogP contribution in [-0.2, 0) is 4.74 Å². The predicted molar refractivity (Wildman–Crippen MR) is 114 cm³/mol. The Kier molecular flexibility index (Phi) is 4.83. The molecule has 30 heavy (non-hydrogen) atoms. The van der Waals surface area contributed by atoms with Gasteiger partial charge in [0.25, 0.3) is 0 Å². The van der Waals surface area contributed by atoms with E-state index in [1.54, 1.807) is 30.5 Å². The number of hydrogen-bond donors (Lipinski definition) is 1. The first-order valence-electron chi connectivity index (χ1n) is 9.31. The average Bonchev–Trinajstić information content (AvgIpc) is 3.31. The Labute approximate surface area is 181 Å². The molecule has 1 aliphatic heterocycles. The zero-order valence-corrected chi connectivity index (χ0v) is 17.1. The van der Waals surface area contributed by atoms with Gasteiger partial charge in [0.15, 0.2) is 5.65 Å². The van der Waals surface area contributed by atoms with Gasteiger partial charge in [-0.25, -0.2) is 9.48 Å². The lowest BCUT2D eigenvalue weighted by Gasteiger charge is -2.11. The molecular formula is C21H16Cl2N4O3. The van der Waals surface area contributed by atoms with Gasteiger partial charge in [0, 0.05) is 21.2 Å². The van der Waals surface area contributed by atoms with Crippen molar-refractivity contribution in [2.24, 2.45) is 0 Å². The summed E-state index contributed by atoms with van der Waals surface area (Å²) in [7, 11) is 0. The van der Waals surface area contributed by atoms with E-state index in [9.17, 15) is 9.90 Å². The molecule has 1 fully saturated rings. The van der Waals surface area contributed by atoms with Crippen LogP contribution in [0.5, 0.6) is 0 Å². The molecule has 1 N–H and O–H groups in total. The molecule has 0 radical (unpaired) electrons. The van der Waals surface area contributed by atoms with Crippen molar-refractivity contribution in [3.8, 4) is 22.3 Å². The van der Waals surface area contributed by atoms with Gasteiger partial charge in [-0.2, -0.15) is 9.61 Å². The molecule has 0 amide bonds. The number of aliphatic hydroxyl groups excluding tert-OH is 1. The first-order valence-corrected chi connectivity index (χ1v) is 10.1. The summed E-state index contributed by atoms with van der Waals surface area (Å²) in [5.41, 5.74) is 3.18. The van der Waals surface area contributed by atoms with Gasteiger partial charge >= 0.3 is 5.69 Å². The van der Waals surface area contributed by atoms with Gasteiger partial charge in [-0.1, -0.05) is 47.5 Å². The summed E-state index contributed by atoms with van der Waals surface area (Å²) in [6, 6.07) is 14.1. The third-order valence-electron chi connectivity index (χ3n) is 5.20. The Hall–Kier alpha value is -2.71. The lowest BCUT2D eigenvalue weighted by molar-refractivity contribution is 0.117. The number of fused-ring (bicyclic) bond motifs is 1. The Balaban J connectivity index is 1.80. The fourth-order valence-corrected chi connectivity index (χ4v) is 3.92. The minimum absolute atomic E-state index is 0.165. The molecule has 152 valence electrons. The first-order chi connectivity index (χ1) is 14.5. The van der Waals surface area contributed by atoms with Crippen LogP contribution in [0.1, 0.15) is 6.04 Å². The highest BCUT2D eigenvalue weighted by molar-refractivity contribution is 6.31. The molecule has 0 aliphatic carbocycles. The van der Waals surface area contributed by atoms with Crippen molar-refractivity contribution in [3.63, 3.8) is 0 Å². The second-order valence-corrected chi connectivity index (χ2v) is 7.95. The van der Waals surface area contributed by atoms with Gasteiger partial charge < -0.3 is 9.84 Å². The largest absolute Gasteiger partial charge is 0.388 e. The first kappa shape index (κ1) is 19.3. The van der Waals surface area contributed by atoms with Gasteiger partial charge in [0.05, 0.1) is 19.4 Å². The Morgan fingerprint density at radius 2 is 1.60 bits per heavy atom. The van der Waals surface area contributed by atoms with Crippen LogP contribution in [0.2, 0.25) is 10.0 Å².